The highest BCUT2D eigenvalue weighted by Crippen LogP contribution is 2.22. The first-order chi connectivity index (χ1) is 6.29. The molecule has 0 fully saturated rings. The summed E-state index contributed by atoms with van der Waals surface area (Å²) in [5.74, 6) is 0. The molecule has 0 aliphatic carbocycles. The van der Waals surface area contributed by atoms with Crippen molar-refractivity contribution in [1.82, 2.24) is 5.01 Å². The summed E-state index contributed by atoms with van der Waals surface area (Å²) in [5, 5.41) is 5.14. The number of benzene rings is 1. The maximum Gasteiger partial charge on any atom is 0.0645 e. The third-order valence-corrected chi connectivity index (χ3v) is 2.51. The molecule has 0 aromatic heterocycles. The molecule has 1 aliphatic heterocycles. The molecule has 1 heterocycles. The summed E-state index contributed by atoms with van der Waals surface area (Å²) in [6.07, 6.45) is 0.873. The van der Waals surface area contributed by atoms with Crippen molar-refractivity contribution in [2.24, 2.45) is 5.29 Å². The third-order valence-electron chi connectivity index (χ3n) is 2.28. The zero-order chi connectivity index (χ0) is 9.26. The van der Waals surface area contributed by atoms with Gasteiger partial charge in [-0.15, -0.1) is 4.91 Å². The molecule has 1 aliphatic rings. The minimum Gasteiger partial charge on any atom is -0.256 e. The second-order valence-electron chi connectivity index (χ2n) is 3.13. The van der Waals surface area contributed by atoms with Crippen molar-refractivity contribution in [2.75, 3.05) is 6.54 Å². The van der Waals surface area contributed by atoms with Gasteiger partial charge >= 0.3 is 0 Å². The van der Waals surface area contributed by atoms with Crippen LogP contribution in [0.4, 0.5) is 0 Å². The van der Waals surface area contributed by atoms with Crippen molar-refractivity contribution in [3.8, 4) is 0 Å². The average molecular weight is 197 g/mol. The minimum atomic E-state index is 0.583. The summed E-state index contributed by atoms with van der Waals surface area (Å²) < 4.78 is 0. The molecule has 0 unspecified atom stereocenters. The van der Waals surface area contributed by atoms with Crippen LogP contribution in [0.5, 0.6) is 0 Å². The summed E-state index contributed by atoms with van der Waals surface area (Å²) >= 11 is 5.84. The van der Waals surface area contributed by atoms with Gasteiger partial charge in [0.25, 0.3) is 0 Å². The molecule has 1 aromatic carbocycles. The molecule has 0 radical (unpaired) electrons. The SMILES string of the molecule is O=NN1CCc2ccc(Cl)cc2C1. The molecule has 0 spiro atoms. The standard InChI is InChI=1S/C9H9ClN2O/c10-9-2-1-7-3-4-12(11-13)6-8(7)5-9/h1-2,5H,3-4,6H2. The van der Waals surface area contributed by atoms with E-state index >= 15 is 0 Å². The van der Waals surface area contributed by atoms with E-state index in [1.54, 1.807) is 0 Å². The number of halogens is 1. The summed E-state index contributed by atoms with van der Waals surface area (Å²) in [4.78, 5) is 10.3. The molecule has 4 heteroatoms. The van der Waals surface area contributed by atoms with Gasteiger partial charge in [0, 0.05) is 11.6 Å². The van der Waals surface area contributed by atoms with Gasteiger partial charge in [0.2, 0.25) is 0 Å². The van der Waals surface area contributed by atoms with Crippen LogP contribution in [0.25, 0.3) is 0 Å². The normalized spacial score (nSPS) is 15.3. The van der Waals surface area contributed by atoms with Crippen molar-refractivity contribution in [3.63, 3.8) is 0 Å². The zero-order valence-electron chi connectivity index (χ0n) is 7.03. The van der Waals surface area contributed by atoms with E-state index < -0.39 is 0 Å². The fourth-order valence-corrected chi connectivity index (χ4v) is 1.78. The first-order valence-corrected chi connectivity index (χ1v) is 4.53. The average Bonchev–Trinajstić information content (AvgIpc) is 2.16. The van der Waals surface area contributed by atoms with Gasteiger partial charge < -0.3 is 0 Å². The second-order valence-corrected chi connectivity index (χ2v) is 3.57. The summed E-state index contributed by atoms with van der Waals surface area (Å²) in [5.41, 5.74) is 2.38. The van der Waals surface area contributed by atoms with Crippen molar-refractivity contribution < 1.29 is 0 Å². The van der Waals surface area contributed by atoms with Crippen LogP contribution in [-0.4, -0.2) is 11.6 Å². The fourth-order valence-electron chi connectivity index (χ4n) is 1.58. The van der Waals surface area contributed by atoms with Crippen LogP contribution in [0.1, 0.15) is 11.1 Å². The zero-order valence-corrected chi connectivity index (χ0v) is 7.79. The first-order valence-electron chi connectivity index (χ1n) is 4.15. The number of hydrogen-bond acceptors (Lipinski definition) is 2. The molecule has 1 aromatic rings. The summed E-state index contributed by atoms with van der Waals surface area (Å²) in [6, 6.07) is 5.79. The highest BCUT2D eigenvalue weighted by Gasteiger charge is 2.15. The molecular formula is C9H9ClN2O. The molecular weight excluding hydrogens is 188 g/mol. The Kier molecular flexibility index (Phi) is 2.19. The van der Waals surface area contributed by atoms with Crippen LogP contribution in [-0.2, 0) is 13.0 Å². The van der Waals surface area contributed by atoms with Crippen molar-refractivity contribution in [1.29, 1.82) is 0 Å². The van der Waals surface area contributed by atoms with Crippen LogP contribution < -0.4 is 0 Å². The van der Waals surface area contributed by atoms with E-state index in [2.05, 4.69) is 5.29 Å². The maximum absolute atomic E-state index is 10.3. The molecule has 68 valence electrons. The summed E-state index contributed by atoms with van der Waals surface area (Å²) in [6.45, 7) is 1.29. The van der Waals surface area contributed by atoms with Crippen LogP contribution in [0.15, 0.2) is 23.5 Å². The Morgan fingerprint density at radius 1 is 1.38 bits per heavy atom. The van der Waals surface area contributed by atoms with Crippen LogP contribution in [0.3, 0.4) is 0 Å². The van der Waals surface area contributed by atoms with Gasteiger partial charge in [0.05, 0.1) is 11.8 Å². The molecule has 0 saturated carbocycles. The lowest BCUT2D eigenvalue weighted by Crippen LogP contribution is -2.25. The number of rotatable bonds is 1. The Morgan fingerprint density at radius 3 is 3.00 bits per heavy atom. The second kappa shape index (κ2) is 3.34. The highest BCUT2D eigenvalue weighted by molar-refractivity contribution is 6.30. The van der Waals surface area contributed by atoms with Crippen molar-refractivity contribution in [3.05, 3.63) is 39.3 Å². The Morgan fingerprint density at radius 2 is 2.23 bits per heavy atom. The molecule has 3 nitrogen and oxygen atoms in total. The molecule has 0 bridgehead atoms. The molecule has 0 saturated heterocycles. The molecule has 0 N–H and O–H groups in total. The van der Waals surface area contributed by atoms with E-state index in [9.17, 15) is 4.91 Å². The quantitative estimate of drug-likeness (QED) is 0.646. The van der Waals surface area contributed by atoms with Gasteiger partial charge in [-0.1, -0.05) is 17.7 Å². The minimum absolute atomic E-state index is 0.583. The Bertz CT molecular complexity index is 340. The van der Waals surface area contributed by atoms with E-state index in [-0.39, 0.29) is 0 Å². The highest BCUT2D eigenvalue weighted by atomic mass is 35.5. The summed E-state index contributed by atoms with van der Waals surface area (Å²) in [7, 11) is 0. The Balaban J connectivity index is 2.32. The predicted octanol–water partition coefficient (Wildman–Crippen LogP) is 2.38. The third kappa shape index (κ3) is 1.65. The monoisotopic (exact) mass is 196 g/mol. The van der Waals surface area contributed by atoms with Crippen LogP contribution >= 0.6 is 11.6 Å². The van der Waals surface area contributed by atoms with E-state index in [4.69, 9.17) is 11.6 Å². The van der Waals surface area contributed by atoms with Crippen LogP contribution in [0.2, 0.25) is 5.02 Å². The van der Waals surface area contributed by atoms with Gasteiger partial charge in [0.1, 0.15) is 0 Å². The van der Waals surface area contributed by atoms with E-state index in [1.807, 2.05) is 18.2 Å². The molecule has 0 amide bonds. The lowest BCUT2D eigenvalue weighted by molar-refractivity contribution is 0.263. The van der Waals surface area contributed by atoms with Crippen molar-refractivity contribution in [2.45, 2.75) is 13.0 Å². The molecule has 2 rings (SSSR count). The number of hydrogen-bond donors (Lipinski definition) is 0. The van der Waals surface area contributed by atoms with Gasteiger partial charge in [0.15, 0.2) is 0 Å². The van der Waals surface area contributed by atoms with E-state index in [0.29, 0.717) is 18.1 Å². The van der Waals surface area contributed by atoms with Gasteiger partial charge in [-0.3, -0.25) is 5.01 Å². The van der Waals surface area contributed by atoms with E-state index in [1.165, 1.54) is 10.6 Å². The first kappa shape index (κ1) is 8.51. The largest absolute Gasteiger partial charge is 0.256 e. The smallest absolute Gasteiger partial charge is 0.0645 e. The fraction of sp³-hybridized carbons (Fsp3) is 0.333. The predicted molar refractivity (Wildman–Crippen MR) is 51.4 cm³/mol. The number of nitroso groups, excluding NO2 is 1. The Hall–Kier alpha value is -1.09. The Labute approximate surface area is 81.2 Å². The van der Waals surface area contributed by atoms with Gasteiger partial charge in [-0.25, -0.2) is 0 Å². The lowest BCUT2D eigenvalue weighted by atomic mass is 10.0. The van der Waals surface area contributed by atoms with Crippen molar-refractivity contribution >= 4 is 11.6 Å². The molecule has 0 atom stereocenters. The lowest BCUT2D eigenvalue weighted by Gasteiger charge is -2.23. The maximum atomic E-state index is 10.3. The topological polar surface area (TPSA) is 32.7 Å². The van der Waals surface area contributed by atoms with Gasteiger partial charge in [-0.2, -0.15) is 0 Å². The van der Waals surface area contributed by atoms with E-state index in [0.717, 1.165) is 12.0 Å². The molecule has 13 heavy (non-hydrogen) atoms. The van der Waals surface area contributed by atoms with Crippen LogP contribution in [0, 0.1) is 4.91 Å². The number of nitrogens with zero attached hydrogens (tertiary/aromatic N) is 2. The number of fused-ring (bicyclic) bond motifs is 1. The van der Waals surface area contributed by atoms with Gasteiger partial charge in [-0.05, 0) is 29.7 Å².